The topological polar surface area (TPSA) is 80.9 Å². The third-order valence-electron chi connectivity index (χ3n) is 3.06. The van der Waals surface area contributed by atoms with Crippen molar-refractivity contribution < 1.29 is 4.79 Å². The van der Waals surface area contributed by atoms with Gasteiger partial charge in [0.05, 0.1) is 17.8 Å². The summed E-state index contributed by atoms with van der Waals surface area (Å²) < 4.78 is 0. The Kier molecular flexibility index (Phi) is 2.14. The Labute approximate surface area is 93.5 Å². The van der Waals surface area contributed by atoms with Crippen LogP contribution in [0.15, 0.2) is 0 Å². The van der Waals surface area contributed by atoms with E-state index in [1.165, 1.54) is 18.4 Å². The number of nitrogens with zero attached hydrogens (tertiary/aromatic N) is 2. The van der Waals surface area contributed by atoms with E-state index >= 15 is 0 Å². The minimum atomic E-state index is -0.368. The van der Waals surface area contributed by atoms with Gasteiger partial charge in [-0.1, -0.05) is 0 Å². The van der Waals surface area contributed by atoms with Crippen molar-refractivity contribution >= 4 is 5.91 Å². The predicted octanol–water partition coefficient (Wildman–Crippen LogP) is -0.0150. The van der Waals surface area contributed by atoms with Crippen LogP contribution in [0.2, 0.25) is 0 Å². The number of nitrogens with two attached hydrogens (primary N) is 1. The highest BCUT2D eigenvalue weighted by atomic mass is 16.1. The number of hydrogen-bond acceptors (Lipinski definition) is 4. The van der Waals surface area contributed by atoms with Gasteiger partial charge in [-0.25, -0.2) is 9.97 Å². The molecule has 2 aliphatic rings. The summed E-state index contributed by atoms with van der Waals surface area (Å²) in [5, 5.41) is 3.27. The molecular formula is C11H14N4O. The van der Waals surface area contributed by atoms with Crippen molar-refractivity contribution in [3.05, 3.63) is 22.8 Å². The highest BCUT2D eigenvalue weighted by Crippen LogP contribution is 2.41. The summed E-state index contributed by atoms with van der Waals surface area (Å²) >= 11 is 0. The van der Waals surface area contributed by atoms with Gasteiger partial charge < -0.3 is 11.1 Å². The fourth-order valence-corrected chi connectivity index (χ4v) is 2.18. The minimum Gasteiger partial charge on any atom is -0.369 e. The zero-order chi connectivity index (χ0) is 11.1. The molecule has 0 aromatic carbocycles. The quantitative estimate of drug-likeness (QED) is 0.747. The molecule has 0 spiro atoms. The van der Waals surface area contributed by atoms with Crippen LogP contribution in [0.3, 0.4) is 0 Å². The number of primary amides is 1. The van der Waals surface area contributed by atoms with Gasteiger partial charge in [-0.2, -0.15) is 0 Å². The van der Waals surface area contributed by atoms with E-state index in [2.05, 4.69) is 15.3 Å². The summed E-state index contributed by atoms with van der Waals surface area (Å²) in [5.41, 5.74) is 8.62. The van der Waals surface area contributed by atoms with E-state index in [1.54, 1.807) is 0 Å². The number of fused-ring (bicyclic) bond motifs is 1. The van der Waals surface area contributed by atoms with Gasteiger partial charge in [0.15, 0.2) is 0 Å². The summed E-state index contributed by atoms with van der Waals surface area (Å²) in [4.78, 5) is 19.8. The molecule has 0 radical (unpaired) electrons. The molecule has 0 bridgehead atoms. The van der Waals surface area contributed by atoms with Crippen molar-refractivity contribution in [3.8, 4) is 0 Å². The van der Waals surface area contributed by atoms with Crippen LogP contribution in [-0.4, -0.2) is 15.9 Å². The lowest BCUT2D eigenvalue weighted by Crippen LogP contribution is -2.17. The van der Waals surface area contributed by atoms with Crippen LogP contribution in [0.25, 0.3) is 0 Å². The second-order valence-corrected chi connectivity index (χ2v) is 4.47. The molecule has 3 rings (SSSR count). The Hall–Kier alpha value is -1.49. The molecule has 0 atom stereocenters. The molecule has 5 nitrogen and oxygen atoms in total. The summed E-state index contributed by atoms with van der Waals surface area (Å²) in [6.07, 6.45) is 2.56. The molecule has 3 N–H and O–H groups in total. The normalized spacial score (nSPS) is 18.5. The maximum Gasteiger partial charge on any atom is 0.225 e. The van der Waals surface area contributed by atoms with Crippen molar-refractivity contribution in [1.82, 2.24) is 15.3 Å². The third kappa shape index (κ3) is 1.67. The number of rotatable bonds is 3. The molecule has 1 aromatic heterocycles. The first kappa shape index (κ1) is 9.72. The predicted molar refractivity (Wildman–Crippen MR) is 57.4 cm³/mol. The van der Waals surface area contributed by atoms with Gasteiger partial charge in [-0.15, -0.1) is 0 Å². The van der Waals surface area contributed by atoms with Crippen molar-refractivity contribution in [1.29, 1.82) is 0 Å². The van der Waals surface area contributed by atoms with Crippen LogP contribution >= 0.6 is 0 Å². The highest BCUT2D eigenvalue weighted by molar-refractivity contribution is 5.75. The molecule has 1 aliphatic heterocycles. The van der Waals surface area contributed by atoms with Crippen LogP contribution in [0.1, 0.15) is 41.5 Å². The van der Waals surface area contributed by atoms with E-state index in [0.717, 1.165) is 24.5 Å². The smallest absolute Gasteiger partial charge is 0.225 e. The van der Waals surface area contributed by atoms with Crippen molar-refractivity contribution in [2.24, 2.45) is 5.73 Å². The van der Waals surface area contributed by atoms with Gasteiger partial charge in [-0.05, 0) is 12.8 Å². The first-order valence-electron chi connectivity index (χ1n) is 5.61. The Morgan fingerprint density at radius 2 is 2.19 bits per heavy atom. The molecule has 5 heteroatoms. The van der Waals surface area contributed by atoms with E-state index in [4.69, 9.17) is 5.73 Å². The lowest BCUT2D eigenvalue weighted by atomic mass is 10.1. The number of hydrogen-bond donors (Lipinski definition) is 2. The van der Waals surface area contributed by atoms with E-state index in [-0.39, 0.29) is 12.3 Å². The summed E-state index contributed by atoms with van der Waals surface area (Å²) in [5.74, 6) is 0.799. The zero-order valence-electron chi connectivity index (χ0n) is 8.99. The number of carbonyl (C=O) groups excluding carboxylic acids is 1. The molecule has 1 fully saturated rings. The Morgan fingerprint density at radius 1 is 1.38 bits per heavy atom. The first-order chi connectivity index (χ1) is 7.74. The molecule has 0 saturated heterocycles. The number of carbonyl (C=O) groups is 1. The molecule has 2 heterocycles. The van der Waals surface area contributed by atoms with Crippen molar-refractivity contribution in [2.75, 3.05) is 0 Å². The standard InChI is InChI=1S/C11H14N4O/c12-9(16)3-10-14-8-5-13-4-7(8)11(15-10)6-1-2-6/h6,13H,1-5H2,(H2,12,16). The van der Waals surface area contributed by atoms with Gasteiger partial charge in [0, 0.05) is 24.6 Å². The first-order valence-corrected chi connectivity index (χ1v) is 5.61. The minimum absolute atomic E-state index is 0.146. The Balaban J connectivity index is 2.01. The van der Waals surface area contributed by atoms with Crippen molar-refractivity contribution in [2.45, 2.75) is 38.3 Å². The number of amides is 1. The SMILES string of the molecule is NC(=O)Cc1nc2c(c(C3CC3)n1)CNC2. The van der Waals surface area contributed by atoms with Crippen LogP contribution in [-0.2, 0) is 24.3 Å². The Bertz CT molecular complexity index is 454. The maximum atomic E-state index is 10.9. The lowest BCUT2D eigenvalue weighted by Gasteiger charge is -2.07. The Morgan fingerprint density at radius 3 is 2.88 bits per heavy atom. The van der Waals surface area contributed by atoms with E-state index in [1.807, 2.05) is 0 Å². The average molecular weight is 218 g/mol. The van der Waals surface area contributed by atoms with Gasteiger partial charge in [0.25, 0.3) is 0 Å². The van der Waals surface area contributed by atoms with Crippen LogP contribution in [0, 0.1) is 0 Å². The fraction of sp³-hybridized carbons (Fsp3) is 0.545. The van der Waals surface area contributed by atoms with E-state index in [9.17, 15) is 4.79 Å². The number of aromatic nitrogens is 2. The molecule has 1 amide bonds. The molecule has 1 aromatic rings. The van der Waals surface area contributed by atoms with E-state index < -0.39 is 0 Å². The average Bonchev–Trinajstić information content (AvgIpc) is 2.95. The second-order valence-electron chi connectivity index (χ2n) is 4.47. The van der Waals surface area contributed by atoms with Gasteiger partial charge >= 0.3 is 0 Å². The van der Waals surface area contributed by atoms with Crippen LogP contribution in [0.4, 0.5) is 0 Å². The largest absolute Gasteiger partial charge is 0.369 e. The summed E-state index contributed by atoms with van der Waals surface area (Å²) in [6, 6.07) is 0. The van der Waals surface area contributed by atoms with Gasteiger partial charge in [0.1, 0.15) is 5.82 Å². The lowest BCUT2D eigenvalue weighted by molar-refractivity contribution is -0.117. The zero-order valence-corrected chi connectivity index (χ0v) is 8.99. The van der Waals surface area contributed by atoms with Crippen LogP contribution in [0.5, 0.6) is 0 Å². The third-order valence-corrected chi connectivity index (χ3v) is 3.06. The van der Waals surface area contributed by atoms with Gasteiger partial charge in [-0.3, -0.25) is 4.79 Å². The summed E-state index contributed by atoms with van der Waals surface area (Å²) in [6.45, 7) is 1.64. The second kappa shape index (κ2) is 3.52. The molecule has 84 valence electrons. The molecule has 1 aliphatic carbocycles. The van der Waals surface area contributed by atoms with E-state index in [0.29, 0.717) is 11.7 Å². The van der Waals surface area contributed by atoms with Crippen molar-refractivity contribution in [3.63, 3.8) is 0 Å². The monoisotopic (exact) mass is 218 g/mol. The fourth-order valence-electron chi connectivity index (χ4n) is 2.18. The molecule has 1 saturated carbocycles. The maximum absolute atomic E-state index is 10.9. The molecule has 0 unspecified atom stereocenters. The van der Waals surface area contributed by atoms with Crippen LogP contribution < -0.4 is 11.1 Å². The number of nitrogens with one attached hydrogen (secondary N) is 1. The van der Waals surface area contributed by atoms with Gasteiger partial charge in [0.2, 0.25) is 5.91 Å². The molecule has 16 heavy (non-hydrogen) atoms. The summed E-state index contributed by atoms with van der Waals surface area (Å²) in [7, 11) is 0. The highest BCUT2D eigenvalue weighted by Gasteiger charge is 2.31. The molecular weight excluding hydrogens is 204 g/mol.